The number of alkyl halides is 3. The molecule has 0 unspecified atom stereocenters. The fraction of sp³-hybridized carbons (Fsp3) is 0.375. The third kappa shape index (κ3) is 3.90. The van der Waals surface area contributed by atoms with Crippen molar-refractivity contribution in [1.29, 1.82) is 0 Å². The topological polar surface area (TPSA) is 57.9 Å². The lowest BCUT2D eigenvalue weighted by Crippen LogP contribution is -2.26. The lowest BCUT2D eigenvalue weighted by Gasteiger charge is -2.14. The summed E-state index contributed by atoms with van der Waals surface area (Å²) in [5, 5.41) is 15.4. The van der Waals surface area contributed by atoms with Crippen molar-refractivity contribution in [2.24, 2.45) is 0 Å². The number of carbonyl (C=O) groups is 1. The van der Waals surface area contributed by atoms with Gasteiger partial charge in [-0.05, 0) is 23.8 Å². The largest absolute Gasteiger partial charge is 0.543 e. The molecule has 0 saturated heterocycles. The molecule has 0 amide bonds. The van der Waals surface area contributed by atoms with Crippen molar-refractivity contribution in [2.75, 3.05) is 0 Å². The molecule has 0 aliphatic carbocycles. The van der Waals surface area contributed by atoms with Crippen LogP contribution in [0.3, 0.4) is 0 Å². The Morgan fingerprint density at radius 3 is 2.33 bits per heavy atom. The zero-order valence-electron chi connectivity index (χ0n) is 13.2. The second kappa shape index (κ2) is 6.12. The monoisotopic (exact) mass is 359 g/mol. The normalized spacial score (nSPS) is 12.5. The molecule has 2 aromatic rings. The van der Waals surface area contributed by atoms with Crippen LogP contribution in [0.4, 0.5) is 13.2 Å². The number of carbonyl (C=O) groups excluding carboxylic acids is 1. The van der Waals surface area contributed by atoms with Crippen LogP contribution in [0.2, 0.25) is 5.02 Å². The van der Waals surface area contributed by atoms with Gasteiger partial charge in [0.05, 0.1) is 29.5 Å². The van der Waals surface area contributed by atoms with Gasteiger partial charge in [0.25, 0.3) is 0 Å². The number of aromatic nitrogens is 2. The van der Waals surface area contributed by atoms with E-state index in [4.69, 9.17) is 11.6 Å². The number of carboxylic acid groups (broad SMARTS) is 1. The van der Waals surface area contributed by atoms with Crippen LogP contribution < -0.4 is 5.11 Å². The highest BCUT2D eigenvalue weighted by Crippen LogP contribution is 2.32. The van der Waals surface area contributed by atoms with Crippen molar-refractivity contribution in [1.82, 2.24) is 9.78 Å². The van der Waals surface area contributed by atoms with Gasteiger partial charge in [-0.25, -0.2) is 0 Å². The van der Waals surface area contributed by atoms with Gasteiger partial charge in [0.1, 0.15) is 0 Å². The maximum Gasteiger partial charge on any atom is 0.416 e. The van der Waals surface area contributed by atoms with Gasteiger partial charge < -0.3 is 9.90 Å². The smallest absolute Gasteiger partial charge is 0.416 e. The molecule has 0 aliphatic heterocycles. The Morgan fingerprint density at radius 2 is 1.88 bits per heavy atom. The Labute approximate surface area is 141 Å². The number of benzene rings is 1. The first kappa shape index (κ1) is 18.3. The van der Waals surface area contributed by atoms with E-state index in [0.717, 1.165) is 12.1 Å². The first-order valence-corrected chi connectivity index (χ1v) is 7.42. The van der Waals surface area contributed by atoms with Gasteiger partial charge in [0.2, 0.25) is 0 Å². The Kier molecular flexibility index (Phi) is 4.68. The van der Waals surface area contributed by atoms with Gasteiger partial charge >= 0.3 is 6.18 Å². The summed E-state index contributed by atoms with van der Waals surface area (Å²) in [5.74, 6) is -1.42. The minimum absolute atomic E-state index is 0.0731. The summed E-state index contributed by atoms with van der Waals surface area (Å²) in [6, 6.07) is 4.31. The predicted molar refractivity (Wildman–Crippen MR) is 80.8 cm³/mol. The number of nitrogens with zero attached hydrogens (tertiary/aromatic N) is 2. The number of rotatable bonds is 3. The number of hydrogen-bond acceptors (Lipinski definition) is 3. The molecule has 2 rings (SSSR count). The van der Waals surface area contributed by atoms with Crippen molar-refractivity contribution in [3.63, 3.8) is 0 Å². The maximum absolute atomic E-state index is 12.7. The van der Waals surface area contributed by atoms with Gasteiger partial charge in [-0.15, -0.1) is 0 Å². The zero-order chi connectivity index (χ0) is 18.3. The fourth-order valence-electron chi connectivity index (χ4n) is 2.08. The van der Waals surface area contributed by atoms with Crippen molar-refractivity contribution in [2.45, 2.75) is 38.9 Å². The van der Waals surface area contributed by atoms with E-state index in [1.165, 1.54) is 16.8 Å². The molecule has 0 N–H and O–H groups in total. The molecule has 0 fully saturated rings. The van der Waals surface area contributed by atoms with Crippen LogP contribution in [0.15, 0.2) is 24.3 Å². The highest BCUT2D eigenvalue weighted by atomic mass is 35.5. The van der Waals surface area contributed by atoms with Gasteiger partial charge in [-0.2, -0.15) is 18.3 Å². The molecule has 0 spiro atoms. The Balaban J connectivity index is 2.41. The minimum atomic E-state index is -4.50. The van der Waals surface area contributed by atoms with Crippen LogP contribution >= 0.6 is 11.6 Å². The molecule has 1 aromatic carbocycles. The first-order chi connectivity index (χ1) is 10.9. The second-order valence-electron chi connectivity index (χ2n) is 6.41. The summed E-state index contributed by atoms with van der Waals surface area (Å²) in [6.45, 7) is 5.52. The van der Waals surface area contributed by atoms with Gasteiger partial charge in [-0.3, -0.25) is 4.68 Å². The summed E-state index contributed by atoms with van der Waals surface area (Å²) in [4.78, 5) is 11.3. The number of halogens is 4. The molecule has 0 bridgehead atoms. The van der Waals surface area contributed by atoms with E-state index in [0.29, 0.717) is 11.3 Å². The molecular weight excluding hydrogens is 345 g/mol. The molecule has 0 atom stereocenters. The summed E-state index contributed by atoms with van der Waals surface area (Å²) >= 11 is 5.91. The van der Waals surface area contributed by atoms with Crippen molar-refractivity contribution >= 4 is 17.6 Å². The van der Waals surface area contributed by atoms with Crippen LogP contribution in [0.25, 0.3) is 0 Å². The molecule has 1 heterocycles. The van der Waals surface area contributed by atoms with Crippen LogP contribution in [0, 0.1) is 0 Å². The number of aromatic carboxylic acids is 1. The lowest BCUT2D eigenvalue weighted by atomic mass is 9.92. The highest BCUT2D eigenvalue weighted by molar-refractivity contribution is 6.31. The van der Waals surface area contributed by atoms with E-state index in [9.17, 15) is 23.1 Å². The fourth-order valence-corrected chi connectivity index (χ4v) is 2.32. The van der Waals surface area contributed by atoms with Crippen LogP contribution in [0.5, 0.6) is 0 Å². The van der Waals surface area contributed by atoms with Gasteiger partial charge in [-0.1, -0.05) is 38.4 Å². The van der Waals surface area contributed by atoms with Crippen molar-refractivity contribution < 1.29 is 23.1 Å². The molecular formula is C16H15ClF3N2O2-. The predicted octanol–water partition coefficient (Wildman–Crippen LogP) is 3.26. The zero-order valence-corrected chi connectivity index (χ0v) is 14.0. The summed E-state index contributed by atoms with van der Waals surface area (Å²) in [7, 11) is 0. The third-order valence-electron chi connectivity index (χ3n) is 3.46. The molecule has 130 valence electrons. The average molecular weight is 360 g/mol. The number of carboxylic acids is 1. The Hall–Kier alpha value is -2.02. The van der Waals surface area contributed by atoms with E-state index >= 15 is 0 Å². The molecule has 24 heavy (non-hydrogen) atoms. The van der Waals surface area contributed by atoms with Gasteiger partial charge in [0.15, 0.2) is 0 Å². The van der Waals surface area contributed by atoms with E-state index in [1.54, 1.807) is 0 Å². The van der Waals surface area contributed by atoms with E-state index in [-0.39, 0.29) is 22.7 Å². The SMILES string of the molecule is CC(C)(C)c1cc(C(=O)[O-])n(Cc2ccc(C(F)(F)F)cc2Cl)n1. The molecule has 0 saturated carbocycles. The Morgan fingerprint density at radius 1 is 1.25 bits per heavy atom. The summed E-state index contributed by atoms with van der Waals surface area (Å²) in [6.07, 6.45) is -4.50. The van der Waals surface area contributed by atoms with Gasteiger partial charge in [0, 0.05) is 10.4 Å². The quantitative estimate of drug-likeness (QED) is 0.845. The second-order valence-corrected chi connectivity index (χ2v) is 6.82. The Bertz CT molecular complexity index is 777. The average Bonchev–Trinajstić information content (AvgIpc) is 2.84. The summed E-state index contributed by atoms with van der Waals surface area (Å²) < 4.78 is 39.2. The number of hydrogen-bond donors (Lipinski definition) is 0. The minimum Gasteiger partial charge on any atom is -0.543 e. The van der Waals surface area contributed by atoms with E-state index < -0.39 is 17.7 Å². The first-order valence-electron chi connectivity index (χ1n) is 7.05. The van der Waals surface area contributed by atoms with Crippen LogP contribution in [0.1, 0.15) is 48.1 Å². The van der Waals surface area contributed by atoms with E-state index in [1.807, 2.05) is 20.8 Å². The molecule has 0 aliphatic rings. The highest BCUT2D eigenvalue weighted by Gasteiger charge is 2.31. The standard InChI is InChI=1S/C16H16ClF3N2O2/c1-15(2,3)13-7-12(14(23)24)22(21-13)8-9-4-5-10(6-11(9)17)16(18,19)20/h4-7H,8H2,1-3H3,(H,23,24)/p-1. The summed E-state index contributed by atoms with van der Waals surface area (Å²) in [5.41, 5.74) is -0.553. The molecule has 0 radical (unpaired) electrons. The van der Waals surface area contributed by atoms with E-state index in [2.05, 4.69) is 5.10 Å². The van der Waals surface area contributed by atoms with Crippen LogP contribution in [-0.4, -0.2) is 15.7 Å². The van der Waals surface area contributed by atoms with Crippen molar-refractivity contribution in [3.05, 3.63) is 51.8 Å². The molecule has 8 heteroatoms. The third-order valence-corrected chi connectivity index (χ3v) is 3.81. The maximum atomic E-state index is 12.7. The molecule has 1 aromatic heterocycles. The molecule has 4 nitrogen and oxygen atoms in total. The van der Waals surface area contributed by atoms with Crippen molar-refractivity contribution in [3.8, 4) is 0 Å². The van der Waals surface area contributed by atoms with Crippen LogP contribution in [-0.2, 0) is 18.1 Å². The lowest BCUT2D eigenvalue weighted by molar-refractivity contribution is -0.255.